The van der Waals surface area contributed by atoms with Crippen LogP contribution in [0.25, 0.3) is 11.1 Å². The summed E-state index contributed by atoms with van der Waals surface area (Å²) in [6.45, 7) is 3.91. The van der Waals surface area contributed by atoms with Gasteiger partial charge in [0.1, 0.15) is 0 Å². The Balaban J connectivity index is 1.55. The quantitative estimate of drug-likeness (QED) is 0.445. The van der Waals surface area contributed by atoms with Gasteiger partial charge in [0.05, 0.1) is 29.8 Å². The van der Waals surface area contributed by atoms with Gasteiger partial charge in [-0.25, -0.2) is 17.9 Å². The minimum absolute atomic E-state index is 0.0537. The summed E-state index contributed by atoms with van der Waals surface area (Å²) in [6.07, 6.45) is 0.945. The van der Waals surface area contributed by atoms with Crippen LogP contribution < -0.4 is 15.4 Å². The fourth-order valence-electron chi connectivity index (χ4n) is 3.86. The molecule has 9 heteroatoms. The maximum absolute atomic E-state index is 12.9. The number of carbonyl (C=O) groups excluding carboxylic acids is 1. The summed E-state index contributed by atoms with van der Waals surface area (Å²) >= 11 is 0. The van der Waals surface area contributed by atoms with E-state index in [1.807, 2.05) is 44.2 Å². The Morgan fingerprint density at radius 2 is 1.73 bits per heavy atom. The molecule has 180 valence electrons. The van der Waals surface area contributed by atoms with Gasteiger partial charge in [-0.2, -0.15) is 0 Å². The zero-order chi connectivity index (χ0) is 23.8. The third-order valence-electron chi connectivity index (χ3n) is 5.55. The van der Waals surface area contributed by atoms with Crippen molar-refractivity contribution in [1.29, 1.82) is 0 Å². The summed E-state index contributed by atoms with van der Waals surface area (Å²) in [7, 11) is -3.77. The maximum Gasteiger partial charge on any atom is 0.314 e. The Morgan fingerprint density at radius 1 is 1.06 bits per heavy atom. The molecule has 3 atom stereocenters. The lowest BCUT2D eigenvalue weighted by Crippen LogP contribution is -2.51. The van der Waals surface area contributed by atoms with Gasteiger partial charge in [0.15, 0.2) is 0 Å². The van der Waals surface area contributed by atoms with Crippen molar-refractivity contribution in [2.75, 3.05) is 13.2 Å². The Kier molecular flexibility index (Phi) is 8.85. The van der Waals surface area contributed by atoms with Crippen LogP contribution in [-0.4, -0.2) is 57.0 Å². The smallest absolute Gasteiger partial charge is 0.314 e. The monoisotopic (exact) mass is 475 g/mol. The summed E-state index contributed by atoms with van der Waals surface area (Å²) < 4.78 is 34.5. The fraction of sp³-hybridized carbons (Fsp3) is 0.458. The molecular weight excluding hydrogens is 442 g/mol. The number of amides is 2. The largest absolute Gasteiger partial charge is 0.394 e. The number of benzene rings is 2. The molecule has 1 heterocycles. The van der Waals surface area contributed by atoms with E-state index >= 15 is 0 Å². The first-order valence-electron chi connectivity index (χ1n) is 11.3. The molecule has 3 rings (SSSR count). The predicted molar refractivity (Wildman–Crippen MR) is 127 cm³/mol. The molecule has 0 spiro atoms. The van der Waals surface area contributed by atoms with E-state index < -0.39 is 22.2 Å². The van der Waals surface area contributed by atoms with Crippen molar-refractivity contribution < 1.29 is 23.1 Å². The van der Waals surface area contributed by atoms with E-state index in [0.717, 1.165) is 11.1 Å². The normalized spacial score (nSPS) is 21.0. The number of urea groups is 1. The van der Waals surface area contributed by atoms with Crippen LogP contribution in [0.3, 0.4) is 0 Å². The van der Waals surface area contributed by atoms with E-state index in [2.05, 4.69) is 15.4 Å². The van der Waals surface area contributed by atoms with Crippen molar-refractivity contribution in [2.24, 2.45) is 0 Å². The topological polar surface area (TPSA) is 117 Å². The van der Waals surface area contributed by atoms with Crippen LogP contribution in [-0.2, 0) is 14.8 Å². The molecule has 33 heavy (non-hydrogen) atoms. The van der Waals surface area contributed by atoms with E-state index in [1.165, 1.54) is 0 Å². The molecule has 0 saturated carbocycles. The van der Waals surface area contributed by atoms with E-state index in [4.69, 9.17) is 4.74 Å². The number of hydrogen-bond donors (Lipinski definition) is 4. The molecule has 0 aliphatic carbocycles. The van der Waals surface area contributed by atoms with Gasteiger partial charge in [0.25, 0.3) is 0 Å². The highest BCUT2D eigenvalue weighted by Crippen LogP contribution is 2.25. The van der Waals surface area contributed by atoms with Crippen LogP contribution >= 0.6 is 0 Å². The van der Waals surface area contributed by atoms with Crippen molar-refractivity contribution in [3.8, 4) is 11.1 Å². The molecule has 1 fully saturated rings. The summed E-state index contributed by atoms with van der Waals surface area (Å²) in [4.78, 5) is 11.8. The molecule has 0 radical (unpaired) electrons. The lowest BCUT2D eigenvalue weighted by atomic mass is 9.98. The van der Waals surface area contributed by atoms with Crippen LogP contribution in [0.15, 0.2) is 59.5 Å². The van der Waals surface area contributed by atoms with Gasteiger partial charge < -0.3 is 20.5 Å². The van der Waals surface area contributed by atoms with Gasteiger partial charge in [-0.1, -0.05) is 42.5 Å². The number of nitrogens with one attached hydrogen (secondary N) is 3. The zero-order valence-corrected chi connectivity index (χ0v) is 19.8. The molecule has 0 bridgehead atoms. The molecule has 1 saturated heterocycles. The lowest BCUT2D eigenvalue weighted by molar-refractivity contribution is -0.0871. The second-order valence-electron chi connectivity index (χ2n) is 8.52. The number of rotatable bonds is 9. The summed E-state index contributed by atoms with van der Waals surface area (Å²) in [6, 6.07) is 15.8. The van der Waals surface area contributed by atoms with E-state index in [0.29, 0.717) is 25.8 Å². The molecule has 2 amide bonds. The first-order chi connectivity index (χ1) is 15.8. The second-order valence-corrected chi connectivity index (χ2v) is 10.2. The second kappa shape index (κ2) is 11.6. The number of hydrogen-bond acceptors (Lipinski definition) is 5. The highest BCUT2D eigenvalue weighted by atomic mass is 32.2. The van der Waals surface area contributed by atoms with Gasteiger partial charge in [0.2, 0.25) is 10.0 Å². The Bertz CT molecular complexity index is 997. The molecule has 2 aromatic rings. The molecular formula is C24H33N3O5S. The molecule has 0 unspecified atom stereocenters. The number of aliphatic hydroxyl groups is 1. The van der Waals surface area contributed by atoms with Crippen molar-refractivity contribution in [3.05, 3.63) is 54.6 Å². The number of carbonyl (C=O) groups is 1. The molecule has 1 aliphatic rings. The van der Waals surface area contributed by atoms with E-state index in [9.17, 15) is 18.3 Å². The molecule has 0 aromatic heterocycles. The zero-order valence-electron chi connectivity index (χ0n) is 19.0. The summed E-state index contributed by atoms with van der Waals surface area (Å²) in [5.41, 5.74) is 1.94. The van der Waals surface area contributed by atoms with Crippen LogP contribution in [0, 0.1) is 0 Å². The summed E-state index contributed by atoms with van der Waals surface area (Å²) in [5, 5.41) is 15.3. The van der Waals surface area contributed by atoms with Gasteiger partial charge in [-0.3, -0.25) is 0 Å². The van der Waals surface area contributed by atoms with Crippen LogP contribution in [0.4, 0.5) is 4.79 Å². The van der Waals surface area contributed by atoms with Crippen molar-refractivity contribution in [3.63, 3.8) is 0 Å². The van der Waals surface area contributed by atoms with Crippen molar-refractivity contribution >= 4 is 16.1 Å². The third-order valence-corrected chi connectivity index (χ3v) is 7.05. The van der Waals surface area contributed by atoms with Crippen molar-refractivity contribution in [1.82, 2.24) is 15.4 Å². The third kappa shape index (κ3) is 7.26. The maximum atomic E-state index is 12.9. The van der Waals surface area contributed by atoms with Gasteiger partial charge in [-0.05, 0) is 56.4 Å². The van der Waals surface area contributed by atoms with E-state index in [1.54, 1.807) is 24.3 Å². The average Bonchev–Trinajstić information content (AvgIpc) is 2.80. The number of aliphatic hydroxyl groups excluding tert-OH is 1. The van der Waals surface area contributed by atoms with Gasteiger partial charge in [0, 0.05) is 12.6 Å². The number of sulfonamides is 1. The first kappa shape index (κ1) is 25.2. The fourth-order valence-corrected chi connectivity index (χ4v) is 5.16. The average molecular weight is 476 g/mol. The molecule has 2 aromatic carbocycles. The Hall–Kier alpha value is -2.46. The highest BCUT2D eigenvalue weighted by Gasteiger charge is 2.33. The number of ether oxygens (including phenoxy) is 1. The highest BCUT2D eigenvalue weighted by molar-refractivity contribution is 7.89. The summed E-state index contributed by atoms with van der Waals surface area (Å²) in [5.74, 6) is 0. The van der Waals surface area contributed by atoms with Crippen LogP contribution in [0.5, 0.6) is 0 Å². The lowest BCUT2D eigenvalue weighted by Gasteiger charge is -2.36. The van der Waals surface area contributed by atoms with Gasteiger partial charge >= 0.3 is 6.03 Å². The van der Waals surface area contributed by atoms with E-state index in [-0.39, 0.29) is 29.7 Å². The van der Waals surface area contributed by atoms with Crippen molar-refractivity contribution in [2.45, 2.75) is 62.3 Å². The van der Waals surface area contributed by atoms with Crippen LogP contribution in [0.2, 0.25) is 0 Å². The van der Waals surface area contributed by atoms with Crippen LogP contribution in [0.1, 0.15) is 33.1 Å². The molecule has 8 nitrogen and oxygen atoms in total. The minimum Gasteiger partial charge on any atom is -0.394 e. The standard InChI is InChI=1S/C24H33N3O5S/c1-17(2)26-24(29)25-15-14-20-10-13-22(23(16-28)32-20)27-33(30,31)21-11-8-19(9-12-21)18-6-4-3-5-7-18/h3-9,11-12,17,20,22-23,27-28H,10,13-16H2,1-2H3,(H2,25,26,29)/t20-,22-,23+/m0/s1. The first-order valence-corrected chi connectivity index (χ1v) is 12.8. The SMILES string of the molecule is CC(C)NC(=O)NCC[C@@H]1CC[C@H](NS(=O)(=O)c2ccc(-c3ccccc3)cc2)[C@@H](CO)O1. The Morgan fingerprint density at radius 3 is 2.36 bits per heavy atom. The Labute approximate surface area is 195 Å². The molecule has 4 N–H and O–H groups in total. The van der Waals surface area contributed by atoms with Gasteiger partial charge in [-0.15, -0.1) is 0 Å². The molecule has 1 aliphatic heterocycles. The predicted octanol–water partition coefficient (Wildman–Crippen LogP) is 2.64. The minimum atomic E-state index is -3.77.